The van der Waals surface area contributed by atoms with Crippen molar-refractivity contribution in [2.45, 2.75) is 13.0 Å². The van der Waals surface area contributed by atoms with E-state index in [-0.39, 0.29) is 5.82 Å². The maximum absolute atomic E-state index is 8.93. The van der Waals surface area contributed by atoms with Crippen molar-refractivity contribution in [2.75, 3.05) is 0 Å². The average molecular weight is 158 g/mol. The lowest BCUT2D eigenvalue weighted by atomic mass is 10.3. The lowest BCUT2D eigenvalue weighted by Crippen LogP contribution is -2.16. The Morgan fingerprint density at radius 3 is 2.90 bits per heavy atom. The number of rotatable bonds is 2. The summed E-state index contributed by atoms with van der Waals surface area (Å²) in [7, 11) is 0. The fourth-order valence-corrected chi connectivity index (χ4v) is 0.539. The van der Waals surface area contributed by atoms with Gasteiger partial charge in [0.2, 0.25) is 5.82 Å². The summed E-state index contributed by atoms with van der Waals surface area (Å²) >= 11 is 4.76. The highest BCUT2D eigenvalue weighted by molar-refractivity contribution is 7.81. The van der Waals surface area contributed by atoms with Crippen LogP contribution in [0.2, 0.25) is 0 Å². The molecule has 1 heterocycles. The number of nitrogens with one attached hydrogen (secondary N) is 1. The molecule has 1 unspecified atom stereocenters. The van der Waals surface area contributed by atoms with E-state index >= 15 is 0 Å². The van der Waals surface area contributed by atoms with E-state index in [4.69, 9.17) is 17.3 Å². The van der Waals surface area contributed by atoms with Crippen LogP contribution in [0.3, 0.4) is 0 Å². The zero-order valence-corrected chi connectivity index (χ0v) is 6.09. The summed E-state index contributed by atoms with van der Waals surface area (Å²) in [5, 5.41) is 21.6. The van der Waals surface area contributed by atoms with Gasteiger partial charge in [-0.2, -0.15) is 5.21 Å². The Bertz CT molecular complexity index is 219. The average Bonchev–Trinajstić information content (AvgIpc) is 2.36. The van der Waals surface area contributed by atoms with Crippen LogP contribution in [-0.4, -0.2) is 36.7 Å². The molecule has 0 aliphatic carbocycles. The van der Waals surface area contributed by atoms with Gasteiger partial charge in [-0.3, -0.25) is 0 Å². The van der Waals surface area contributed by atoms with E-state index in [1.807, 2.05) is 0 Å². The zero-order valence-electron chi connectivity index (χ0n) is 5.27. The van der Waals surface area contributed by atoms with E-state index in [1.54, 1.807) is 6.92 Å². The molecule has 0 aromatic carbocycles. The molecule has 0 radical (unpaired) electrons. The molecule has 6 heteroatoms. The van der Waals surface area contributed by atoms with Crippen LogP contribution in [0.25, 0.3) is 0 Å². The third-order valence-corrected chi connectivity index (χ3v) is 1.47. The number of aliphatic hydroxyl groups excluding tert-OH is 1. The highest BCUT2D eigenvalue weighted by atomic mass is 32.1. The molecule has 1 aromatic heterocycles. The first-order chi connectivity index (χ1) is 4.72. The Morgan fingerprint density at radius 1 is 1.80 bits per heavy atom. The summed E-state index contributed by atoms with van der Waals surface area (Å²) in [4.78, 5) is 0.300. The first kappa shape index (κ1) is 7.23. The second kappa shape index (κ2) is 2.80. The largest absolute Gasteiger partial charge is 0.388 e. The van der Waals surface area contributed by atoms with Crippen LogP contribution in [0.15, 0.2) is 0 Å². The quantitative estimate of drug-likeness (QED) is 0.439. The molecule has 0 fully saturated rings. The lowest BCUT2D eigenvalue weighted by Gasteiger charge is -1.98. The van der Waals surface area contributed by atoms with E-state index in [0.717, 1.165) is 0 Å². The number of aromatic amines is 1. The van der Waals surface area contributed by atoms with Crippen molar-refractivity contribution >= 4 is 17.1 Å². The van der Waals surface area contributed by atoms with Crippen LogP contribution in [0.5, 0.6) is 0 Å². The predicted octanol–water partition coefficient (Wildman–Crippen LogP) is -0.702. The van der Waals surface area contributed by atoms with Crippen molar-refractivity contribution in [3.05, 3.63) is 5.82 Å². The van der Waals surface area contributed by atoms with Crippen molar-refractivity contribution in [2.24, 2.45) is 0 Å². The van der Waals surface area contributed by atoms with E-state index in [9.17, 15) is 0 Å². The number of hydrogen-bond donors (Lipinski definition) is 2. The van der Waals surface area contributed by atoms with Crippen LogP contribution >= 0.6 is 12.2 Å². The van der Waals surface area contributed by atoms with Gasteiger partial charge in [-0.15, -0.1) is 10.2 Å². The van der Waals surface area contributed by atoms with Crippen LogP contribution < -0.4 is 0 Å². The number of aliphatic hydroxyl groups is 1. The van der Waals surface area contributed by atoms with E-state index in [1.165, 1.54) is 0 Å². The molecule has 0 bridgehead atoms. The van der Waals surface area contributed by atoms with Gasteiger partial charge in [0, 0.05) is 0 Å². The summed E-state index contributed by atoms with van der Waals surface area (Å²) in [6.07, 6.45) is -0.701. The normalized spacial score (nSPS) is 13.0. The van der Waals surface area contributed by atoms with Crippen molar-refractivity contribution in [3.63, 3.8) is 0 Å². The van der Waals surface area contributed by atoms with Gasteiger partial charge in [0.15, 0.2) is 0 Å². The second-order valence-corrected chi connectivity index (χ2v) is 2.22. The first-order valence-corrected chi connectivity index (χ1v) is 3.08. The van der Waals surface area contributed by atoms with Gasteiger partial charge in [-0.05, 0) is 12.1 Å². The van der Waals surface area contributed by atoms with Crippen LogP contribution in [0.1, 0.15) is 12.7 Å². The smallest absolute Gasteiger partial charge is 0.213 e. The molecular weight excluding hydrogens is 152 g/mol. The number of tetrazole rings is 1. The Balaban J connectivity index is 2.78. The first-order valence-electron chi connectivity index (χ1n) is 2.67. The minimum atomic E-state index is -0.701. The molecule has 1 rings (SSSR count). The van der Waals surface area contributed by atoms with Gasteiger partial charge < -0.3 is 5.11 Å². The molecular formula is C4H6N4OS. The predicted molar refractivity (Wildman–Crippen MR) is 37.6 cm³/mol. The van der Waals surface area contributed by atoms with Gasteiger partial charge in [-0.1, -0.05) is 12.2 Å². The Labute approximate surface area is 62.5 Å². The molecule has 54 valence electrons. The SMILES string of the molecule is CC(O)C(=S)c1nn[nH]n1. The molecule has 0 amide bonds. The molecule has 1 aromatic rings. The number of thiocarbonyl (C=S) groups is 1. The van der Waals surface area contributed by atoms with E-state index < -0.39 is 6.10 Å². The molecule has 2 N–H and O–H groups in total. The number of aromatic nitrogens is 4. The molecule has 0 aliphatic rings. The lowest BCUT2D eigenvalue weighted by molar-refractivity contribution is 0.265. The fourth-order valence-electron chi connectivity index (χ4n) is 0.453. The molecule has 1 atom stereocenters. The van der Waals surface area contributed by atoms with Crippen molar-refractivity contribution < 1.29 is 5.11 Å². The maximum atomic E-state index is 8.93. The Hall–Kier alpha value is -0.880. The van der Waals surface area contributed by atoms with Crippen molar-refractivity contribution in [1.29, 1.82) is 0 Å². The number of nitrogens with zero attached hydrogens (tertiary/aromatic N) is 3. The fraction of sp³-hybridized carbons (Fsp3) is 0.500. The van der Waals surface area contributed by atoms with E-state index in [0.29, 0.717) is 4.86 Å². The molecule has 0 spiro atoms. The minimum absolute atomic E-state index is 0.282. The highest BCUT2D eigenvalue weighted by Crippen LogP contribution is 1.94. The molecule has 0 saturated heterocycles. The van der Waals surface area contributed by atoms with Crippen molar-refractivity contribution in [1.82, 2.24) is 20.6 Å². The van der Waals surface area contributed by atoms with Gasteiger partial charge in [0.05, 0.1) is 11.0 Å². The van der Waals surface area contributed by atoms with Crippen LogP contribution in [0.4, 0.5) is 0 Å². The molecule has 10 heavy (non-hydrogen) atoms. The summed E-state index contributed by atoms with van der Waals surface area (Å²) in [5.41, 5.74) is 0. The van der Waals surface area contributed by atoms with Crippen molar-refractivity contribution in [3.8, 4) is 0 Å². The molecule has 5 nitrogen and oxygen atoms in total. The van der Waals surface area contributed by atoms with Crippen LogP contribution in [0, 0.1) is 0 Å². The molecule has 0 saturated carbocycles. The zero-order chi connectivity index (χ0) is 7.56. The minimum Gasteiger partial charge on any atom is -0.388 e. The maximum Gasteiger partial charge on any atom is 0.213 e. The van der Waals surface area contributed by atoms with Gasteiger partial charge in [0.1, 0.15) is 0 Å². The summed E-state index contributed by atoms with van der Waals surface area (Å²) < 4.78 is 0. The van der Waals surface area contributed by atoms with Crippen LogP contribution in [-0.2, 0) is 0 Å². The Kier molecular flexibility index (Phi) is 2.03. The topological polar surface area (TPSA) is 74.7 Å². The monoisotopic (exact) mass is 158 g/mol. The standard InChI is InChI=1S/C4H6N4OS/c1-2(9)3(10)4-5-7-8-6-4/h2,9H,1H3,(H,5,6,7,8). The summed E-state index contributed by atoms with van der Waals surface area (Å²) in [6.45, 7) is 1.55. The second-order valence-electron chi connectivity index (χ2n) is 1.78. The third kappa shape index (κ3) is 1.34. The van der Waals surface area contributed by atoms with E-state index in [2.05, 4.69) is 20.6 Å². The summed E-state index contributed by atoms with van der Waals surface area (Å²) in [6, 6.07) is 0. The summed E-state index contributed by atoms with van der Waals surface area (Å²) in [5.74, 6) is 0.282. The number of hydrogen-bond acceptors (Lipinski definition) is 5. The highest BCUT2D eigenvalue weighted by Gasteiger charge is 2.10. The molecule has 0 aliphatic heterocycles. The number of H-pyrrole nitrogens is 1. The van der Waals surface area contributed by atoms with Gasteiger partial charge in [0.25, 0.3) is 0 Å². The third-order valence-electron chi connectivity index (χ3n) is 0.945. The Morgan fingerprint density at radius 2 is 2.50 bits per heavy atom. The van der Waals surface area contributed by atoms with Gasteiger partial charge in [-0.25, -0.2) is 0 Å². The van der Waals surface area contributed by atoms with Gasteiger partial charge >= 0.3 is 0 Å².